The van der Waals surface area contributed by atoms with Crippen molar-refractivity contribution in [2.75, 3.05) is 19.7 Å². The first-order valence-electron chi connectivity index (χ1n) is 8.44. The third-order valence-corrected chi connectivity index (χ3v) is 4.29. The van der Waals surface area contributed by atoms with Gasteiger partial charge in [0, 0.05) is 31.0 Å². The van der Waals surface area contributed by atoms with Gasteiger partial charge in [0.05, 0.1) is 6.61 Å². The van der Waals surface area contributed by atoms with Crippen LogP contribution in [0.15, 0.2) is 24.5 Å². The molecule has 0 aromatic carbocycles. The van der Waals surface area contributed by atoms with Gasteiger partial charge in [-0.25, -0.2) is 0 Å². The SMILES string of the molecule is CC(C)(C)CC(CO)NC1CCN(Cc2ccncc2)CC1. The Hall–Kier alpha value is -0.970. The number of nitrogens with zero attached hydrogens (tertiary/aromatic N) is 2. The van der Waals surface area contributed by atoms with Crippen LogP contribution in [0.25, 0.3) is 0 Å². The first-order chi connectivity index (χ1) is 10.5. The molecule has 2 rings (SSSR count). The van der Waals surface area contributed by atoms with Gasteiger partial charge in [-0.1, -0.05) is 20.8 Å². The molecule has 0 radical (unpaired) electrons. The maximum atomic E-state index is 9.59. The molecule has 2 heterocycles. The standard InChI is InChI=1S/C18H31N3O/c1-18(2,3)12-17(14-22)20-16-6-10-21(11-7-16)13-15-4-8-19-9-5-15/h4-5,8-9,16-17,20,22H,6-7,10-14H2,1-3H3. The smallest absolute Gasteiger partial charge is 0.0584 e. The third-order valence-electron chi connectivity index (χ3n) is 4.29. The predicted molar refractivity (Wildman–Crippen MR) is 90.6 cm³/mol. The molecule has 0 aliphatic carbocycles. The van der Waals surface area contributed by atoms with Crippen molar-refractivity contribution in [3.63, 3.8) is 0 Å². The van der Waals surface area contributed by atoms with Crippen LogP contribution in [-0.2, 0) is 6.54 Å². The Morgan fingerprint density at radius 1 is 1.27 bits per heavy atom. The van der Waals surface area contributed by atoms with Gasteiger partial charge >= 0.3 is 0 Å². The molecule has 1 aliphatic rings. The van der Waals surface area contributed by atoms with E-state index >= 15 is 0 Å². The molecule has 4 nitrogen and oxygen atoms in total. The van der Waals surface area contributed by atoms with E-state index in [1.54, 1.807) is 0 Å². The maximum absolute atomic E-state index is 9.59. The van der Waals surface area contributed by atoms with E-state index in [0.717, 1.165) is 38.9 Å². The highest BCUT2D eigenvalue weighted by Gasteiger charge is 2.24. The van der Waals surface area contributed by atoms with Gasteiger partial charge in [-0.05, 0) is 55.5 Å². The first kappa shape index (κ1) is 17.4. The number of aromatic nitrogens is 1. The topological polar surface area (TPSA) is 48.4 Å². The van der Waals surface area contributed by atoms with Crippen molar-refractivity contribution in [2.45, 2.75) is 58.7 Å². The van der Waals surface area contributed by atoms with Crippen LogP contribution in [-0.4, -0.2) is 46.8 Å². The van der Waals surface area contributed by atoms with Gasteiger partial charge < -0.3 is 10.4 Å². The van der Waals surface area contributed by atoms with Gasteiger partial charge in [0.1, 0.15) is 0 Å². The highest BCUT2D eigenvalue weighted by atomic mass is 16.3. The molecule has 1 aromatic rings. The summed E-state index contributed by atoms with van der Waals surface area (Å²) in [5, 5.41) is 13.2. The summed E-state index contributed by atoms with van der Waals surface area (Å²) in [5.41, 5.74) is 1.59. The van der Waals surface area contributed by atoms with Gasteiger partial charge in [-0.15, -0.1) is 0 Å². The summed E-state index contributed by atoms with van der Waals surface area (Å²) >= 11 is 0. The Morgan fingerprint density at radius 3 is 2.45 bits per heavy atom. The summed E-state index contributed by atoms with van der Waals surface area (Å²) in [5.74, 6) is 0. The summed E-state index contributed by atoms with van der Waals surface area (Å²) in [6.45, 7) is 10.2. The maximum Gasteiger partial charge on any atom is 0.0584 e. The van der Waals surface area contributed by atoms with E-state index in [1.807, 2.05) is 12.4 Å². The van der Waals surface area contributed by atoms with E-state index in [2.05, 4.69) is 48.1 Å². The van der Waals surface area contributed by atoms with Crippen molar-refractivity contribution in [2.24, 2.45) is 5.41 Å². The van der Waals surface area contributed by atoms with Crippen molar-refractivity contribution < 1.29 is 5.11 Å². The lowest BCUT2D eigenvalue weighted by Gasteiger charge is -2.35. The summed E-state index contributed by atoms with van der Waals surface area (Å²) < 4.78 is 0. The number of hydrogen-bond donors (Lipinski definition) is 2. The molecule has 1 atom stereocenters. The Kier molecular flexibility index (Phi) is 6.36. The van der Waals surface area contributed by atoms with Crippen LogP contribution < -0.4 is 5.32 Å². The molecule has 124 valence electrons. The monoisotopic (exact) mass is 305 g/mol. The molecule has 1 aliphatic heterocycles. The minimum Gasteiger partial charge on any atom is -0.395 e. The fourth-order valence-corrected chi connectivity index (χ4v) is 3.25. The highest BCUT2D eigenvalue weighted by Crippen LogP contribution is 2.22. The third kappa shape index (κ3) is 6.03. The van der Waals surface area contributed by atoms with Crippen LogP contribution >= 0.6 is 0 Å². The average molecular weight is 305 g/mol. The summed E-state index contributed by atoms with van der Waals surface area (Å²) in [6.07, 6.45) is 7.06. The molecule has 0 spiro atoms. The second-order valence-electron chi connectivity index (χ2n) is 7.72. The Morgan fingerprint density at radius 2 is 1.91 bits per heavy atom. The predicted octanol–water partition coefficient (Wildman–Crippen LogP) is 2.43. The second-order valence-corrected chi connectivity index (χ2v) is 7.72. The largest absolute Gasteiger partial charge is 0.395 e. The van der Waals surface area contributed by atoms with Gasteiger partial charge in [0.25, 0.3) is 0 Å². The van der Waals surface area contributed by atoms with Crippen molar-refractivity contribution in [3.8, 4) is 0 Å². The second kappa shape index (κ2) is 8.04. The van der Waals surface area contributed by atoms with Crippen LogP contribution in [0.2, 0.25) is 0 Å². The summed E-state index contributed by atoms with van der Waals surface area (Å²) in [6, 6.07) is 4.94. The van der Waals surface area contributed by atoms with Crippen LogP contribution in [0.3, 0.4) is 0 Å². The lowest BCUT2D eigenvalue weighted by Crippen LogP contribution is -2.48. The number of rotatable bonds is 6. The van der Waals surface area contributed by atoms with E-state index in [1.165, 1.54) is 5.56 Å². The molecule has 1 aromatic heterocycles. The van der Waals surface area contributed by atoms with Crippen LogP contribution in [0.5, 0.6) is 0 Å². The number of nitrogens with one attached hydrogen (secondary N) is 1. The normalized spacial score (nSPS) is 19.3. The Bertz CT molecular complexity index is 422. The van der Waals surface area contributed by atoms with E-state index in [-0.39, 0.29) is 18.1 Å². The number of piperidine rings is 1. The van der Waals surface area contributed by atoms with Gasteiger partial charge in [0.2, 0.25) is 0 Å². The van der Waals surface area contributed by atoms with Gasteiger partial charge in [0.15, 0.2) is 0 Å². The lowest BCUT2D eigenvalue weighted by atomic mass is 9.87. The van der Waals surface area contributed by atoms with Crippen LogP contribution in [0.4, 0.5) is 0 Å². The fraction of sp³-hybridized carbons (Fsp3) is 0.722. The fourth-order valence-electron chi connectivity index (χ4n) is 3.25. The summed E-state index contributed by atoms with van der Waals surface area (Å²) in [4.78, 5) is 6.57. The molecular formula is C18H31N3O. The lowest BCUT2D eigenvalue weighted by molar-refractivity contribution is 0.149. The van der Waals surface area contributed by atoms with Crippen LogP contribution in [0, 0.1) is 5.41 Å². The van der Waals surface area contributed by atoms with E-state index in [0.29, 0.717) is 6.04 Å². The van der Waals surface area contributed by atoms with Crippen molar-refractivity contribution in [1.29, 1.82) is 0 Å². The zero-order valence-corrected chi connectivity index (χ0v) is 14.3. The number of likely N-dealkylation sites (tertiary alicyclic amines) is 1. The molecule has 1 unspecified atom stereocenters. The number of aliphatic hydroxyl groups excluding tert-OH is 1. The highest BCUT2D eigenvalue weighted by molar-refractivity contribution is 5.09. The summed E-state index contributed by atoms with van der Waals surface area (Å²) in [7, 11) is 0. The number of aliphatic hydroxyl groups is 1. The molecule has 0 amide bonds. The molecule has 4 heteroatoms. The molecule has 22 heavy (non-hydrogen) atoms. The van der Waals surface area contributed by atoms with E-state index < -0.39 is 0 Å². The zero-order chi connectivity index (χ0) is 16.0. The first-order valence-corrected chi connectivity index (χ1v) is 8.44. The number of pyridine rings is 1. The molecule has 1 fully saturated rings. The average Bonchev–Trinajstić information content (AvgIpc) is 2.48. The van der Waals surface area contributed by atoms with Crippen LogP contribution in [0.1, 0.15) is 45.6 Å². The number of hydrogen-bond acceptors (Lipinski definition) is 4. The van der Waals surface area contributed by atoms with Crippen molar-refractivity contribution >= 4 is 0 Å². The molecule has 2 N–H and O–H groups in total. The minimum atomic E-state index is 0.219. The minimum absolute atomic E-state index is 0.219. The van der Waals surface area contributed by atoms with Crippen molar-refractivity contribution in [3.05, 3.63) is 30.1 Å². The van der Waals surface area contributed by atoms with Gasteiger partial charge in [-0.3, -0.25) is 9.88 Å². The molecule has 1 saturated heterocycles. The Labute approximate surface area is 134 Å². The van der Waals surface area contributed by atoms with E-state index in [4.69, 9.17) is 0 Å². The van der Waals surface area contributed by atoms with Crippen molar-refractivity contribution in [1.82, 2.24) is 15.2 Å². The molecule has 0 bridgehead atoms. The van der Waals surface area contributed by atoms with Gasteiger partial charge in [-0.2, -0.15) is 0 Å². The molecule has 0 saturated carbocycles. The Balaban J connectivity index is 1.74. The molecular weight excluding hydrogens is 274 g/mol. The van der Waals surface area contributed by atoms with E-state index in [9.17, 15) is 5.11 Å². The zero-order valence-electron chi connectivity index (χ0n) is 14.3. The quantitative estimate of drug-likeness (QED) is 0.847.